The SMILES string of the molecule is O=S(=O)(c1cc(CNC2CC2)sc1Br)N1CCCC1. The molecule has 106 valence electrons. The standard InChI is InChI=1S/C12H17BrN2O2S2/c13-12-11(19(16,17)15-5-1-2-6-15)7-10(18-12)8-14-9-3-4-9/h7,9,14H,1-6,8H2. The fourth-order valence-corrected chi connectivity index (χ4v) is 6.36. The maximum Gasteiger partial charge on any atom is 0.245 e. The van der Waals surface area contributed by atoms with Crippen molar-refractivity contribution in [3.8, 4) is 0 Å². The molecule has 0 bridgehead atoms. The van der Waals surface area contributed by atoms with Crippen LogP contribution in [0.3, 0.4) is 0 Å². The van der Waals surface area contributed by atoms with Gasteiger partial charge in [0.2, 0.25) is 10.0 Å². The van der Waals surface area contributed by atoms with Gasteiger partial charge >= 0.3 is 0 Å². The third-order valence-corrected chi connectivity index (χ3v) is 7.68. The zero-order valence-electron chi connectivity index (χ0n) is 10.6. The van der Waals surface area contributed by atoms with Gasteiger partial charge in [0.15, 0.2) is 0 Å². The molecule has 1 saturated heterocycles. The highest BCUT2D eigenvalue weighted by molar-refractivity contribution is 9.11. The number of sulfonamides is 1. The molecule has 0 aromatic carbocycles. The molecule has 1 aromatic rings. The normalized spacial score (nSPS) is 21.1. The molecule has 0 atom stereocenters. The maximum atomic E-state index is 12.5. The van der Waals surface area contributed by atoms with Crippen molar-refractivity contribution in [3.05, 3.63) is 14.7 Å². The Kier molecular flexibility index (Phi) is 4.01. The van der Waals surface area contributed by atoms with Gasteiger partial charge in [-0.1, -0.05) is 0 Å². The van der Waals surface area contributed by atoms with Crippen LogP contribution in [0.1, 0.15) is 30.6 Å². The Labute approximate surface area is 126 Å². The molecular weight excluding hydrogens is 348 g/mol. The molecule has 2 fully saturated rings. The molecule has 3 rings (SSSR count). The van der Waals surface area contributed by atoms with Gasteiger partial charge in [-0.05, 0) is 47.7 Å². The average Bonchev–Trinajstić information content (AvgIpc) is 2.89. The first-order valence-electron chi connectivity index (χ1n) is 6.59. The molecule has 1 saturated carbocycles. The van der Waals surface area contributed by atoms with Gasteiger partial charge in [-0.2, -0.15) is 4.31 Å². The maximum absolute atomic E-state index is 12.5. The van der Waals surface area contributed by atoms with Crippen molar-refractivity contribution in [1.82, 2.24) is 9.62 Å². The lowest BCUT2D eigenvalue weighted by Gasteiger charge is -2.14. The quantitative estimate of drug-likeness (QED) is 0.873. The van der Waals surface area contributed by atoms with Gasteiger partial charge in [-0.3, -0.25) is 0 Å². The minimum atomic E-state index is -3.30. The molecular formula is C12H17BrN2O2S2. The lowest BCUT2D eigenvalue weighted by atomic mass is 10.4. The van der Waals surface area contributed by atoms with Crippen LogP contribution in [0.4, 0.5) is 0 Å². The average molecular weight is 365 g/mol. The van der Waals surface area contributed by atoms with E-state index in [1.807, 2.05) is 6.07 Å². The molecule has 0 unspecified atom stereocenters. The highest BCUT2D eigenvalue weighted by atomic mass is 79.9. The van der Waals surface area contributed by atoms with Crippen molar-refractivity contribution in [2.45, 2.75) is 43.2 Å². The van der Waals surface area contributed by atoms with E-state index in [-0.39, 0.29) is 0 Å². The highest BCUT2D eigenvalue weighted by Gasteiger charge is 2.30. The Morgan fingerprint density at radius 3 is 2.68 bits per heavy atom. The molecule has 0 amide bonds. The Hall–Kier alpha value is 0.0500. The number of rotatable bonds is 5. The largest absolute Gasteiger partial charge is 0.309 e. The third-order valence-electron chi connectivity index (χ3n) is 3.53. The van der Waals surface area contributed by atoms with Gasteiger partial charge in [0, 0.05) is 30.6 Å². The van der Waals surface area contributed by atoms with E-state index in [0.717, 1.165) is 28.0 Å². The van der Waals surface area contributed by atoms with Crippen LogP contribution in [-0.4, -0.2) is 31.9 Å². The summed E-state index contributed by atoms with van der Waals surface area (Å²) < 4.78 is 27.3. The Morgan fingerprint density at radius 1 is 1.37 bits per heavy atom. The molecule has 0 spiro atoms. The molecule has 0 radical (unpaired) electrons. The van der Waals surface area contributed by atoms with E-state index in [0.29, 0.717) is 24.0 Å². The number of nitrogens with zero attached hydrogens (tertiary/aromatic N) is 1. The third kappa shape index (κ3) is 3.05. The summed E-state index contributed by atoms with van der Waals surface area (Å²) in [6.45, 7) is 2.07. The van der Waals surface area contributed by atoms with Crippen molar-refractivity contribution in [3.63, 3.8) is 0 Å². The predicted molar refractivity (Wildman–Crippen MR) is 79.9 cm³/mol. The number of halogens is 1. The lowest BCUT2D eigenvalue weighted by Crippen LogP contribution is -2.27. The van der Waals surface area contributed by atoms with E-state index in [1.165, 1.54) is 24.2 Å². The first-order chi connectivity index (χ1) is 9.07. The topological polar surface area (TPSA) is 49.4 Å². The van der Waals surface area contributed by atoms with Crippen molar-refractivity contribution in [1.29, 1.82) is 0 Å². The Bertz CT molecular complexity index is 560. The van der Waals surface area contributed by atoms with Crippen LogP contribution in [0.5, 0.6) is 0 Å². The molecule has 7 heteroatoms. The molecule has 1 aliphatic heterocycles. The van der Waals surface area contributed by atoms with Crippen LogP contribution in [0, 0.1) is 0 Å². The minimum Gasteiger partial charge on any atom is -0.309 e. The smallest absolute Gasteiger partial charge is 0.245 e. The van der Waals surface area contributed by atoms with E-state index in [9.17, 15) is 8.42 Å². The van der Waals surface area contributed by atoms with E-state index in [2.05, 4.69) is 21.2 Å². The summed E-state index contributed by atoms with van der Waals surface area (Å²) in [6, 6.07) is 2.46. The number of thiophene rings is 1. The van der Waals surface area contributed by atoms with Gasteiger partial charge in [-0.15, -0.1) is 11.3 Å². The zero-order valence-corrected chi connectivity index (χ0v) is 13.8. The summed E-state index contributed by atoms with van der Waals surface area (Å²) in [5.74, 6) is 0. The molecule has 2 heterocycles. The minimum absolute atomic E-state index is 0.437. The molecule has 2 aliphatic rings. The van der Waals surface area contributed by atoms with Crippen molar-refractivity contribution in [2.24, 2.45) is 0 Å². The second-order valence-electron chi connectivity index (χ2n) is 5.12. The molecule has 19 heavy (non-hydrogen) atoms. The monoisotopic (exact) mass is 364 g/mol. The number of nitrogens with one attached hydrogen (secondary N) is 1. The zero-order chi connectivity index (χ0) is 13.5. The van der Waals surface area contributed by atoms with Crippen LogP contribution in [0.2, 0.25) is 0 Å². The fourth-order valence-electron chi connectivity index (χ4n) is 2.26. The Balaban J connectivity index is 1.78. The van der Waals surface area contributed by atoms with Gasteiger partial charge in [-0.25, -0.2) is 8.42 Å². The summed E-state index contributed by atoms with van der Waals surface area (Å²) in [6.07, 6.45) is 4.42. The summed E-state index contributed by atoms with van der Waals surface area (Å²) in [7, 11) is -3.30. The van der Waals surface area contributed by atoms with Crippen LogP contribution < -0.4 is 5.32 Å². The summed E-state index contributed by atoms with van der Waals surface area (Å²) >= 11 is 4.93. The second-order valence-corrected chi connectivity index (χ2v) is 9.48. The number of hydrogen-bond donors (Lipinski definition) is 1. The molecule has 1 N–H and O–H groups in total. The summed E-state index contributed by atoms with van der Waals surface area (Å²) in [4.78, 5) is 1.52. The second kappa shape index (κ2) is 5.44. The molecule has 4 nitrogen and oxygen atoms in total. The summed E-state index contributed by atoms with van der Waals surface area (Å²) in [5.41, 5.74) is 0. The number of hydrogen-bond acceptors (Lipinski definition) is 4. The predicted octanol–water partition coefficient (Wildman–Crippen LogP) is 2.55. The van der Waals surface area contributed by atoms with Gasteiger partial charge < -0.3 is 5.32 Å². The van der Waals surface area contributed by atoms with Crippen LogP contribution in [0.15, 0.2) is 14.7 Å². The molecule has 1 aromatic heterocycles. The van der Waals surface area contributed by atoms with Crippen molar-refractivity contribution < 1.29 is 8.42 Å². The molecule has 1 aliphatic carbocycles. The van der Waals surface area contributed by atoms with E-state index in [1.54, 1.807) is 4.31 Å². The lowest BCUT2D eigenvalue weighted by molar-refractivity contribution is 0.477. The van der Waals surface area contributed by atoms with Crippen LogP contribution >= 0.6 is 27.3 Å². The van der Waals surface area contributed by atoms with Gasteiger partial charge in [0.25, 0.3) is 0 Å². The van der Waals surface area contributed by atoms with E-state index in [4.69, 9.17) is 0 Å². The van der Waals surface area contributed by atoms with Crippen LogP contribution in [0.25, 0.3) is 0 Å². The summed E-state index contributed by atoms with van der Waals surface area (Å²) in [5, 5.41) is 3.42. The van der Waals surface area contributed by atoms with Crippen molar-refractivity contribution in [2.75, 3.05) is 13.1 Å². The highest BCUT2D eigenvalue weighted by Crippen LogP contribution is 2.35. The van der Waals surface area contributed by atoms with Gasteiger partial charge in [0.05, 0.1) is 3.79 Å². The van der Waals surface area contributed by atoms with Crippen molar-refractivity contribution >= 4 is 37.3 Å². The van der Waals surface area contributed by atoms with E-state index >= 15 is 0 Å². The first kappa shape index (κ1) is 14.0. The first-order valence-corrected chi connectivity index (χ1v) is 9.64. The van der Waals surface area contributed by atoms with Gasteiger partial charge in [0.1, 0.15) is 4.90 Å². The van der Waals surface area contributed by atoms with E-state index < -0.39 is 10.0 Å². The fraction of sp³-hybridized carbons (Fsp3) is 0.667. The Morgan fingerprint density at radius 2 is 2.05 bits per heavy atom. The van der Waals surface area contributed by atoms with Crippen LogP contribution in [-0.2, 0) is 16.6 Å².